The zero-order chi connectivity index (χ0) is 13.3. The van der Waals surface area contributed by atoms with E-state index in [9.17, 15) is 14.4 Å². The summed E-state index contributed by atoms with van der Waals surface area (Å²) in [5.41, 5.74) is 0. The normalized spacial score (nSPS) is 27.6. The molecule has 6 heteroatoms. The van der Waals surface area contributed by atoms with E-state index in [2.05, 4.69) is 0 Å². The Hall–Kier alpha value is -1.59. The van der Waals surface area contributed by atoms with Crippen LogP contribution in [0, 0.1) is 11.8 Å². The molecule has 2 aliphatic rings. The Balaban J connectivity index is 1.89. The van der Waals surface area contributed by atoms with Crippen molar-refractivity contribution in [3.8, 4) is 0 Å². The lowest BCUT2D eigenvalue weighted by molar-refractivity contribution is -0.142. The molecule has 0 aromatic heterocycles. The largest absolute Gasteiger partial charge is 0.481 e. The number of aliphatic carboxylic acids is 1. The van der Waals surface area contributed by atoms with Crippen LogP contribution in [0.4, 0.5) is 0 Å². The van der Waals surface area contributed by atoms with Crippen molar-refractivity contribution in [3.63, 3.8) is 0 Å². The number of hydrogen-bond acceptors (Lipinski definition) is 3. The van der Waals surface area contributed by atoms with Crippen LogP contribution in [0.5, 0.6) is 0 Å². The zero-order valence-corrected chi connectivity index (χ0v) is 10.5. The van der Waals surface area contributed by atoms with Crippen molar-refractivity contribution in [1.29, 1.82) is 0 Å². The Morgan fingerprint density at radius 1 is 1.00 bits per heavy atom. The second-order valence-corrected chi connectivity index (χ2v) is 4.97. The third-order valence-electron chi connectivity index (χ3n) is 3.68. The summed E-state index contributed by atoms with van der Waals surface area (Å²) in [5, 5.41) is 8.82. The van der Waals surface area contributed by atoms with Crippen LogP contribution in [0.1, 0.15) is 19.8 Å². The molecule has 2 atom stereocenters. The van der Waals surface area contributed by atoms with Gasteiger partial charge in [0.25, 0.3) is 0 Å². The molecule has 0 bridgehead atoms. The fourth-order valence-electron chi connectivity index (χ4n) is 2.43. The van der Waals surface area contributed by atoms with Gasteiger partial charge in [0, 0.05) is 33.1 Å². The van der Waals surface area contributed by atoms with Gasteiger partial charge in [0.05, 0.1) is 11.8 Å². The lowest BCUT2D eigenvalue weighted by Gasteiger charge is -2.21. The number of rotatable bonds is 2. The average molecular weight is 254 g/mol. The highest BCUT2D eigenvalue weighted by Gasteiger charge is 2.49. The molecule has 1 saturated carbocycles. The molecule has 0 spiro atoms. The fraction of sp³-hybridized carbons (Fsp3) is 0.750. The average Bonchev–Trinajstić information content (AvgIpc) is 3.11. The minimum Gasteiger partial charge on any atom is -0.481 e. The highest BCUT2D eigenvalue weighted by atomic mass is 16.4. The summed E-state index contributed by atoms with van der Waals surface area (Å²) in [7, 11) is 0. The maximum absolute atomic E-state index is 12.1. The molecule has 2 rings (SSSR count). The molecular formula is C12H18N2O4. The Morgan fingerprint density at radius 2 is 1.61 bits per heavy atom. The molecule has 0 aromatic carbocycles. The Bertz CT molecular complexity index is 382. The van der Waals surface area contributed by atoms with Crippen molar-refractivity contribution in [2.75, 3.05) is 26.2 Å². The van der Waals surface area contributed by atoms with Crippen LogP contribution in [0.25, 0.3) is 0 Å². The molecule has 1 saturated heterocycles. The van der Waals surface area contributed by atoms with Gasteiger partial charge in [0.1, 0.15) is 0 Å². The number of nitrogens with zero attached hydrogens (tertiary/aromatic N) is 2. The van der Waals surface area contributed by atoms with Gasteiger partial charge in [-0.1, -0.05) is 0 Å². The molecule has 1 N–H and O–H groups in total. The van der Waals surface area contributed by atoms with E-state index in [1.807, 2.05) is 0 Å². The predicted molar refractivity (Wildman–Crippen MR) is 62.7 cm³/mol. The number of carboxylic acid groups (broad SMARTS) is 1. The maximum atomic E-state index is 12.1. The summed E-state index contributed by atoms with van der Waals surface area (Å²) in [4.78, 5) is 37.5. The Morgan fingerprint density at radius 3 is 2.17 bits per heavy atom. The third-order valence-corrected chi connectivity index (χ3v) is 3.68. The summed E-state index contributed by atoms with van der Waals surface area (Å²) >= 11 is 0. The second kappa shape index (κ2) is 4.96. The van der Waals surface area contributed by atoms with E-state index in [0.29, 0.717) is 32.6 Å². The first-order chi connectivity index (χ1) is 8.50. The highest BCUT2D eigenvalue weighted by molar-refractivity contribution is 5.89. The molecule has 1 aliphatic heterocycles. The van der Waals surface area contributed by atoms with Crippen LogP contribution < -0.4 is 0 Å². The van der Waals surface area contributed by atoms with E-state index < -0.39 is 11.9 Å². The van der Waals surface area contributed by atoms with Crippen molar-refractivity contribution >= 4 is 17.8 Å². The summed E-state index contributed by atoms with van der Waals surface area (Å²) in [5.74, 6) is -1.75. The molecule has 100 valence electrons. The lowest BCUT2D eigenvalue weighted by atomic mass is 10.2. The fourth-order valence-corrected chi connectivity index (χ4v) is 2.43. The number of carboxylic acids is 1. The van der Waals surface area contributed by atoms with Crippen LogP contribution in [-0.4, -0.2) is 58.9 Å². The minimum absolute atomic E-state index is 0.0270. The first-order valence-electron chi connectivity index (χ1n) is 6.28. The SMILES string of the molecule is CC(=O)N1CCCN(C(=O)C2CC2C(=O)O)CC1. The van der Waals surface area contributed by atoms with Crippen LogP contribution >= 0.6 is 0 Å². The molecule has 2 fully saturated rings. The van der Waals surface area contributed by atoms with Gasteiger partial charge in [-0.25, -0.2) is 0 Å². The van der Waals surface area contributed by atoms with Crippen LogP contribution in [0.3, 0.4) is 0 Å². The Labute approximate surface area is 106 Å². The Kier molecular flexibility index (Phi) is 3.54. The smallest absolute Gasteiger partial charge is 0.307 e. The standard InChI is InChI=1S/C12H18N2O4/c1-8(15)13-3-2-4-14(6-5-13)11(16)9-7-10(9)12(17)18/h9-10H,2-7H2,1H3,(H,17,18). The van der Waals surface area contributed by atoms with Crippen molar-refractivity contribution in [2.45, 2.75) is 19.8 Å². The minimum atomic E-state index is -0.881. The summed E-state index contributed by atoms with van der Waals surface area (Å²) in [6, 6.07) is 0. The van der Waals surface area contributed by atoms with Gasteiger partial charge in [-0.3, -0.25) is 14.4 Å². The van der Waals surface area contributed by atoms with Gasteiger partial charge in [0.2, 0.25) is 11.8 Å². The van der Waals surface area contributed by atoms with Gasteiger partial charge in [-0.05, 0) is 12.8 Å². The van der Waals surface area contributed by atoms with Gasteiger partial charge in [0.15, 0.2) is 0 Å². The van der Waals surface area contributed by atoms with E-state index in [1.165, 1.54) is 6.92 Å². The zero-order valence-electron chi connectivity index (χ0n) is 10.5. The highest BCUT2D eigenvalue weighted by Crippen LogP contribution is 2.40. The lowest BCUT2D eigenvalue weighted by Crippen LogP contribution is -2.37. The monoisotopic (exact) mass is 254 g/mol. The van der Waals surface area contributed by atoms with Gasteiger partial charge in [-0.15, -0.1) is 0 Å². The predicted octanol–water partition coefficient (Wildman–Crippen LogP) is -0.212. The van der Waals surface area contributed by atoms with Crippen molar-refractivity contribution in [2.24, 2.45) is 11.8 Å². The van der Waals surface area contributed by atoms with Gasteiger partial charge < -0.3 is 14.9 Å². The van der Waals surface area contributed by atoms with Crippen LogP contribution in [0.15, 0.2) is 0 Å². The molecule has 1 aliphatic carbocycles. The molecule has 0 radical (unpaired) electrons. The molecule has 0 aromatic rings. The van der Waals surface area contributed by atoms with E-state index in [1.54, 1.807) is 9.80 Å². The molecule has 2 unspecified atom stereocenters. The van der Waals surface area contributed by atoms with E-state index in [-0.39, 0.29) is 17.7 Å². The van der Waals surface area contributed by atoms with Crippen LogP contribution in [-0.2, 0) is 14.4 Å². The molecule has 6 nitrogen and oxygen atoms in total. The first kappa shape index (κ1) is 12.9. The van der Waals surface area contributed by atoms with E-state index >= 15 is 0 Å². The van der Waals surface area contributed by atoms with Crippen LogP contribution in [0.2, 0.25) is 0 Å². The van der Waals surface area contributed by atoms with Gasteiger partial charge >= 0.3 is 5.97 Å². The topological polar surface area (TPSA) is 77.9 Å². The van der Waals surface area contributed by atoms with Crippen molar-refractivity contribution < 1.29 is 19.5 Å². The summed E-state index contributed by atoms with van der Waals surface area (Å²) in [6.07, 6.45) is 1.22. The molecule has 1 heterocycles. The maximum Gasteiger partial charge on any atom is 0.307 e. The van der Waals surface area contributed by atoms with Gasteiger partial charge in [-0.2, -0.15) is 0 Å². The van der Waals surface area contributed by atoms with Crippen molar-refractivity contribution in [1.82, 2.24) is 9.80 Å². The molecule has 18 heavy (non-hydrogen) atoms. The number of carbonyl (C=O) groups excluding carboxylic acids is 2. The quantitative estimate of drug-likeness (QED) is 0.739. The number of amides is 2. The third kappa shape index (κ3) is 2.63. The van der Waals surface area contributed by atoms with Crippen molar-refractivity contribution in [3.05, 3.63) is 0 Å². The number of carbonyl (C=O) groups is 3. The second-order valence-electron chi connectivity index (χ2n) is 4.97. The van der Waals surface area contributed by atoms with E-state index in [0.717, 1.165) is 6.42 Å². The van der Waals surface area contributed by atoms with E-state index in [4.69, 9.17) is 5.11 Å². The number of hydrogen-bond donors (Lipinski definition) is 1. The molecular weight excluding hydrogens is 236 g/mol. The summed E-state index contributed by atoms with van der Waals surface area (Å²) in [6.45, 7) is 3.88. The molecule has 2 amide bonds. The summed E-state index contributed by atoms with van der Waals surface area (Å²) < 4.78 is 0. The first-order valence-corrected chi connectivity index (χ1v) is 6.28.